The third-order valence-corrected chi connectivity index (χ3v) is 16.8. The van der Waals surface area contributed by atoms with Gasteiger partial charge in [0.2, 0.25) is 0 Å². The molecule has 0 spiro atoms. The Hall–Kier alpha value is -6.19. The summed E-state index contributed by atoms with van der Waals surface area (Å²) in [6.07, 6.45) is 0. The molecule has 0 radical (unpaired) electrons. The van der Waals surface area contributed by atoms with Crippen LogP contribution in [0.4, 0.5) is 22.7 Å². The number of hydrogen-bond acceptors (Lipinski definition) is 2. The second-order valence-electron chi connectivity index (χ2n) is 24.9. The van der Waals surface area contributed by atoms with E-state index in [-0.39, 0.29) is 42.1 Å². The van der Waals surface area contributed by atoms with Gasteiger partial charge in [-0.25, -0.2) is 0 Å². The van der Waals surface area contributed by atoms with Crippen LogP contribution in [-0.4, -0.2) is 20.4 Å². The lowest BCUT2D eigenvalue weighted by Crippen LogP contribution is -2.72. The van der Waals surface area contributed by atoms with Crippen LogP contribution in [0.15, 0.2) is 127 Å². The molecule has 0 atom stereocenters. The first-order valence-corrected chi connectivity index (χ1v) is 24.9. The lowest BCUT2D eigenvalue weighted by atomic mass is 9.28. The highest BCUT2D eigenvalue weighted by Gasteiger charge is 2.57. The topological polar surface area (TPSA) is 6.48 Å². The van der Waals surface area contributed by atoms with Crippen LogP contribution >= 0.6 is 0 Å². The standard InChI is InChI=1S/C62H57B3N2/c1-59(2,3)35-22-24-41-44-33-45-42-25-23-36(60(4,5)6)30-50(42)65-48-26-21-34-17-13-14-18-39(34)53(48)46-28-38(62(10,11)12)32-52-56(46)67(65)58(45)54-57(44)66-55-43(27-37(61(7,8)9)31-51(55)63(52)54)40-19-15-16-20-47(40)64(66)49(41)29-35/h13-33H,1-12H3. The van der Waals surface area contributed by atoms with Gasteiger partial charge in [0.05, 0.1) is 0 Å². The Labute approximate surface area is 398 Å². The second-order valence-corrected chi connectivity index (χ2v) is 24.9. The van der Waals surface area contributed by atoms with Crippen LogP contribution in [0.25, 0.3) is 55.3 Å². The second kappa shape index (κ2) is 12.5. The Bertz CT molecular complexity index is 3610. The van der Waals surface area contributed by atoms with Gasteiger partial charge in [0.25, 0.3) is 6.71 Å². The van der Waals surface area contributed by atoms with Crippen LogP contribution in [0, 0.1) is 0 Å². The molecule has 0 aromatic heterocycles. The van der Waals surface area contributed by atoms with Crippen LogP contribution in [0.2, 0.25) is 0 Å². The van der Waals surface area contributed by atoms with E-state index in [4.69, 9.17) is 0 Å². The predicted molar refractivity (Wildman–Crippen MR) is 292 cm³/mol. The van der Waals surface area contributed by atoms with E-state index in [0.717, 1.165) is 0 Å². The number of benzene rings is 8. The average molecular weight is 863 g/mol. The quantitative estimate of drug-likeness (QED) is 0.140. The molecule has 0 saturated heterocycles. The van der Waals surface area contributed by atoms with Gasteiger partial charge in [-0.2, -0.15) is 0 Å². The lowest BCUT2D eigenvalue weighted by Gasteiger charge is -2.55. The molecular formula is C62H57B3N2. The molecule has 8 aromatic carbocycles. The van der Waals surface area contributed by atoms with Gasteiger partial charge in [0, 0.05) is 45.0 Å². The minimum absolute atomic E-state index is 0.00375. The summed E-state index contributed by atoms with van der Waals surface area (Å²) < 4.78 is 0. The zero-order chi connectivity index (χ0) is 46.2. The normalized spacial score (nSPS) is 15.3. The number of fused-ring (bicyclic) bond motifs is 16. The summed E-state index contributed by atoms with van der Waals surface area (Å²) in [5.41, 5.74) is 32.0. The first-order chi connectivity index (χ1) is 31.8. The first-order valence-electron chi connectivity index (χ1n) is 24.9. The molecule has 0 unspecified atom stereocenters. The summed E-state index contributed by atoms with van der Waals surface area (Å²) in [6.45, 7) is 28.7. The molecule has 0 fully saturated rings. The van der Waals surface area contributed by atoms with Crippen molar-refractivity contribution < 1.29 is 0 Å². The van der Waals surface area contributed by atoms with E-state index in [2.05, 4.69) is 220 Å². The van der Waals surface area contributed by atoms with E-state index in [9.17, 15) is 0 Å². The molecule has 6 aliphatic heterocycles. The van der Waals surface area contributed by atoms with Gasteiger partial charge in [-0.1, -0.05) is 192 Å². The highest BCUT2D eigenvalue weighted by molar-refractivity contribution is 7.06. The van der Waals surface area contributed by atoms with Gasteiger partial charge in [-0.05, 0) is 133 Å². The molecule has 5 heteroatoms. The summed E-state index contributed by atoms with van der Waals surface area (Å²) in [7, 11) is 0. The third-order valence-electron chi connectivity index (χ3n) is 16.8. The van der Waals surface area contributed by atoms with Crippen LogP contribution < -0.4 is 47.9 Å². The average Bonchev–Trinajstić information content (AvgIpc) is 3.29. The minimum Gasteiger partial charge on any atom is -0.377 e. The molecule has 8 aromatic rings. The van der Waals surface area contributed by atoms with Crippen molar-refractivity contribution in [2.75, 3.05) is 9.62 Å². The fourth-order valence-corrected chi connectivity index (χ4v) is 13.3. The number of nitrogens with zero attached hydrogens (tertiary/aromatic N) is 2. The zero-order valence-electron chi connectivity index (χ0n) is 41.3. The van der Waals surface area contributed by atoms with Gasteiger partial charge < -0.3 is 9.62 Å². The Morgan fingerprint density at radius 1 is 0.328 bits per heavy atom. The van der Waals surface area contributed by atoms with Gasteiger partial charge in [-0.15, -0.1) is 0 Å². The summed E-state index contributed by atoms with van der Waals surface area (Å²) in [5.74, 6) is 0. The highest BCUT2D eigenvalue weighted by Crippen LogP contribution is 2.56. The first kappa shape index (κ1) is 39.9. The van der Waals surface area contributed by atoms with E-state index in [1.807, 2.05) is 0 Å². The van der Waals surface area contributed by atoms with Crippen molar-refractivity contribution in [3.8, 4) is 44.5 Å². The molecule has 6 aliphatic rings. The highest BCUT2D eigenvalue weighted by atomic mass is 15.1. The Balaban J connectivity index is 1.23. The summed E-state index contributed by atoms with van der Waals surface area (Å²) in [4.78, 5) is 5.73. The fraction of sp³-hybridized carbons (Fsp3) is 0.258. The molecule has 0 saturated carbocycles. The van der Waals surface area contributed by atoms with Gasteiger partial charge in [0.1, 0.15) is 0 Å². The lowest BCUT2D eigenvalue weighted by molar-refractivity contribution is 0.590. The van der Waals surface area contributed by atoms with E-state index in [0.29, 0.717) is 0 Å². The molecule has 0 N–H and O–H groups in total. The fourth-order valence-electron chi connectivity index (χ4n) is 13.3. The summed E-state index contributed by atoms with van der Waals surface area (Å²) >= 11 is 0. The zero-order valence-corrected chi connectivity index (χ0v) is 41.3. The maximum absolute atomic E-state index is 2.87. The molecule has 67 heavy (non-hydrogen) atoms. The monoisotopic (exact) mass is 862 g/mol. The van der Waals surface area contributed by atoms with Gasteiger partial charge in [-0.3, -0.25) is 0 Å². The van der Waals surface area contributed by atoms with Gasteiger partial charge in [0.15, 0.2) is 0 Å². The van der Waals surface area contributed by atoms with Crippen LogP contribution in [0.3, 0.4) is 0 Å². The molecule has 0 aliphatic carbocycles. The van der Waals surface area contributed by atoms with Crippen molar-refractivity contribution in [2.45, 2.75) is 105 Å². The number of hydrogen-bond donors (Lipinski definition) is 0. The molecular weight excluding hydrogens is 805 g/mol. The van der Waals surface area contributed by atoms with Crippen LogP contribution in [0.1, 0.15) is 105 Å². The van der Waals surface area contributed by atoms with Crippen molar-refractivity contribution in [2.24, 2.45) is 0 Å². The smallest absolute Gasteiger partial charge is 0.329 e. The number of anilines is 4. The third kappa shape index (κ3) is 5.06. The minimum atomic E-state index is -0.0775. The van der Waals surface area contributed by atoms with E-state index < -0.39 is 0 Å². The SMILES string of the molecule is CC(C)(C)c1ccc2c(c1)B1c3ccccc3-c3cc(C(C)(C)C)cc4c3N1c1c-2cc2c3c1B4c1cc(C(C)(C)C)cc4c1N3B(c1cc(C(C)(C)C)ccc1-2)c1ccc2ccccc2c1-4. The van der Waals surface area contributed by atoms with E-state index in [1.54, 1.807) is 0 Å². The number of rotatable bonds is 0. The maximum atomic E-state index is 2.87. The molecule has 0 bridgehead atoms. The summed E-state index contributed by atoms with van der Waals surface area (Å²) in [6, 6.07) is 51.6. The van der Waals surface area contributed by atoms with Crippen molar-refractivity contribution in [1.29, 1.82) is 0 Å². The van der Waals surface area contributed by atoms with Crippen LogP contribution in [-0.2, 0) is 21.7 Å². The van der Waals surface area contributed by atoms with Crippen molar-refractivity contribution in [3.05, 3.63) is 150 Å². The van der Waals surface area contributed by atoms with Gasteiger partial charge >= 0.3 is 13.7 Å². The van der Waals surface area contributed by atoms with Crippen molar-refractivity contribution in [1.82, 2.24) is 0 Å². The Morgan fingerprint density at radius 2 is 0.791 bits per heavy atom. The molecule has 6 heterocycles. The largest absolute Gasteiger partial charge is 0.377 e. The molecule has 14 rings (SSSR count). The van der Waals surface area contributed by atoms with E-state index >= 15 is 0 Å². The predicted octanol–water partition coefficient (Wildman–Crippen LogP) is 11.0. The van der Waals surface area contributed by atoms with Crippen molar-refractivity contribution in [3.63, 3.8) is 0 Å². The molecule has 2 nitrogen and oxygen atoms in total. The molecule has 0 amide bonds. The maximum Gasteiger partial charge on any atom is 0.329 e. The molecule has 324 valence electrons. The van der Waals surface area contributed by atoms with Crippen LogP contribution in [0.5, 0.6) is 0 Å². The van der Waals surface area contributed by atoms with Crippen molar-refractivity contribution >= 4 is 92.2 Å². The Kier molecular flexibility index (Phi) is 7.43. The summed E-state index contributed by atoms with van der Waals surface area (Å²) in [5, 5.41) is 2.64. The van der Waals surface area contributed by atoms with E-state index in [1.165, 1.54) is 139 Å². The Morgan fingerprint density at radius 3 is 1.37 bits per heavy atom.